The van der Waals surface area contributed by atoms with Crippen molar-refractivity contribution >= 4 is 5.97 Å². The lowest BCUT2D eigenvalue weighted by Gasteiger charge is -2.33. The van der Waals surface area contributed by atoms with Gasteiger partial charge >= 0.3 is 5.97 Å². The van der Waals surface area contributed by atoms with Crippen LogP contribution in [-0.4, -0.2) is 27.4 Å². The Morgan fingerprint density at radius 3 is 2.78 bits per heavy atom. The minimum absolute atomic E-state index is 0.139. The first kappa shape index (κ1) is 13.1. The molecule has 3 N–H and O–H groups in total. The average Bonchev–Trinajstić information content (AvgIpc) is 2.99. The van der Waals surface area contributed by atoms with Crippen molar-refractivity contribution in [2.24, 2.45) is 11.1 Å². The van der Waals surface area contributed by atoms with Gasteiger partial charge in [-0.2, -0.15) is 5.10 Å². The molecule has 1 aromatic heterocycles. The van der Waals surface area contributed by atoms with Crippen LogP contribution in [0.1, 0.15) is 44.2 Å². The van der Waals surface area contributed by atoms with Crippen LogP contribution in [0.5, 0.6) is 0 Å². The number of aliphatic carboxylic acids is 1. The summed E-state index contributed by atoms with van der Waals surface area (Å²) >= 11 is 0. The molecule has 0 amide bonds. The maximum Gasteiger partial charge on any atom is 0.310 e. The van der Waals surface area contributed by atoms with Crippen LogP contribution in [0.3, 0.4) is 0 Å². The quantitative estimate of drug-likeness (QED) is 0.832. The molecule has 1 aliphatic rings. The van der Waals surface area contributed by atoms with Gasteiger partial charge in [-0.15, -0.1) is 0 Å². The molecule has 100 valence electrons. The number of nitrogens with zero attached hydrogens (tertiary/aromatic N) is 2. The minimum Gasteiger partial charge on any atom is -0.481 e. The molecule has 1 heterocycles. The molecule has 1 aliphatic carbocycles. The summed E-state index contributed by atoms with van der Waals surface area (Å²) in [5.74, 6) is -0.848. The average molecular weight is 251 g/mol. The van der Waals surface area contributed by atoms with Crippen molar-refractivity contribution in [2.45, 2.75) is 45.1 Å². The van der Waals surface area contributed by atoms with Crippen LogP contribution >= 0.6 is 0 Å². The van der Waals surface area contributed by atoms with Gasteiger partial charge in [0.1, 0.15) is 0 Å². The zero-order valence-electron chi connectivity index (χ0n) is 10.8. The molecule has 0 saturated heterocycles. The molecule has 5 heteroatoms. The lowest BCUT2D eigenvalue weighted by molar-refractivity contribution is -0.150. The molecule has 5 nitrogen and oxygen atoms in total. The van der Waals surface area contributed by atoms with Gasteiger partial charge in [0.05, 0.1) is 5.41 Å². The Kier molecular flexibility index (Phi) is 3.71. The summed E-state index contributed by atoms with van der Waals surface area (Å²) in [7, 11) is 0. The molecule has 18 heavy (non-hydrogen) atoms. The first-order chi connectivity index (χ1) is 8.65. The van der Waals surface area contributed by atoms with E-state index < -0.39 is 11.4 Å². The van der Waals surface area contributed by atoms with Crippen LogP contribution in [0.25, 0.3) is 0 Å². The zero-order valence-corrected chi connectivity index (χ0v) is 10.8. The lowest BCUT2D eigenvalue weighted by atomic mass is 9.72. The third-order valence-electron chi connectivity index (χ3n) is 4.23. The smallest absolute Gasteiger partial charge is 0.310 e. The van der Waals surface area contributed by atoms with Gasteiger partial charge in [-0.25, -0.2) is 0 Å². The number of carboxylic acids is 1. The Hall–Kier alpha value is -1.36. The fraction of sp³-hybridized carbons (Fsp3) is 0.692. The Labute approximate surface area is 107 Å². The van der Waals surface area contributed by atoms with Crippen LogP contribution in [0.2, 0.25) is 0 Å². The van der Waals surface area contributed by atoms with Gasteiger partial charge in [0, 0.05) is 30.9 Å². The summed E-state index contributed by atoms with van der Waals surface area (Å²) < 4.78 is 1.86. The molecule has 1 aromatic rings. The van der Waals surface area contributed by atoms with Crippen molar-refractivity contribution in [3.63, 3.8) is 0 Å². The Bertz CT molecular complexity index is 422. The van der Waals surface area contributed by atoms with Crippen molar-refractivity contribution in [2.75, 3.05) is 6.54 Å². The van der Waals surface area contributed by atoms with E-state index in [4.69, 9.17) is 5.73 Å². The highest BCUT2D eigenvalue weighted by Gasteiger charge is 2.48. The van der Waals surface area contributed by atoms with E-state index in [0.29, 0.717) is 6.54 Å². The number of hydrogen-bond donors (Lipinski definition) is 2. The first-order valence-electron chi connectivity index (χ1n) is 6.61. The minimum atomic E-state index is -0.709. The number of carbonyl (C=O) groups is 1. The number of nitrogens with two attached hydrogens (primary N) is 1. The molecule has 0 aliphatic heterocycles. The predicted molar refractivity (Wildman–Crippen MR) is 68.2 cm³/mol. The molecule has 1 saturated carbocycles. The van der Waals surface area contributed by atoms with Crippen molar-refractivity contribution in [1.82, 2.24) is 9.78 Å². The maximum absolute atomic E-state index is 11.7. The molecule has 0 radical (unpaired) electrons. The van der Waals surface area contributed by atoms with Crippen LogP contribution in [0.15, 0.2) is 12.3 Å². The van der Waals surface area contributed by atoms with Gasteiger partial charge in [0.15, 0.2) is 0 Å². The topological polar surface area (TPSA) is 81.1 Å². The van der Waals surface area contributed by atoms with Gasteiger partial charge in [0.25, 0.3) is 0 Å². The largest absolute Gasteiger partial charge is 0.481 e. The highest BCUT2D eigenvalue weighted by Crippen LogP contribution is 2.48. The fourth-order valence-corrected chi connectivity index (χ4v) is 3.25. The fourth-order valence-electron chi connectivity index (χ4n) is 3.25. The number of aryl methyl sites for hydroxylation is 1. The summed E-state index contributed by atoms with van der Waals surface area (Å²) in [6, 6.07) is 1.91. The standard InChI is InChI=1S/C13H21N3O2/c1-2-16-11(5-8-15-16)10(9-14)13(12(17)18)6-3-4-7-13/h5,8,10H,2-4,6-7,9,14H2,1H3,(H,17,18)/t10-/m0/s1. The van der Waals surface area contributed by atoms with Gasteiger partial charge in [0.2, 0.25) is 0 Å². The normalized spacial score (nSPS) is 19.9. The van der Waals surface area contributed by atoms with Crippen molar-refractivity contribution in [3.8, 4) is 0 Å². The molecule has 0 unspecified atom stereocenters. The van der Waals surface area contributed by atoms with Gasteiger partial charge < -0.3 is 10.8 Å². The summed E-state index contributed by atoms with van der Waals surface area (Å²) in [5.41, 5.74) is 6.16. The lowest BCUT2D eigenvalue weighted by Crippen LogP contribution is -2.39. The second-order valence-electron chi connectivity index (χ2n) is 5.03. The number of rotatable bonds is 5. The Morgan fingerprint density at radius 1 is 1.61 bits per heavy atom. The zero-order chi connectivity index (χ0) is 13.2. The van der Waals surface area contributed by atoms with Crippen LogP contribution in [0, 0.1) is 5.41 Å². The van der Waals surface area contributed by atoms with Crippen molar-refractivity contribution in [3.05, 3.63) is 18.0 Å². The van der Waals surface area contributed by atoms with E-state index in [0.717, 1.165) is 37.9 Å². The van der Waals surface area contributed by atoms with Gasteiger partial charge in [-0.05, 0) is 25.8 Å². The number of hydrogen-bond acceptors (Lipinski definition) is 3. The van der Waals surface area contributed by atoms with Gasteiger partial charge in [-0.3, -0.25) is 9.48 Å². The Balaban J connectivity index is 2.40. The second-order valence-corrected chi connectivity index (χ2v) is 5.03. The molecule has 0 bridgehead atoms. The van der Waals surface area contributed by atoms with E-state index in [9.17, 15) is 9.90 Å². The highest BCUT2D eigenvalue weighted by molar-refractivity contribution is 5.76. The van der Waals surface area contributed by atoms with E-state index in [-0.39, 0.29) is 5.92 Å². The maximum atomic E-state index is 11.7. The summed E-state index contributed by atoms with van der Waals surface area (Å²) in [4.78, 5) is 11.7. The van der Waals surface area contributed by atoms with Crippen molar-refractivity contribution < 1.29 is 9.90 Å². The molecule has 2 rings (SSSR count). The summed E-state index contributed by atoms with van der Waals surface area (Å²) in [5, 5.41) is 13.9. The van der Waals surface area contributed by atoms with E-state index in [1.807, 2.05) is 17.7 Å². The SMILES string of the molecule is CCn1nccc1[C@H](CN)C1(C(=O)O)CCCC1. The van der Waals surface area contributed by atoms with Gasteiger partial charge in [-0.1, -0.05) is 12.8 Å². The monoisotopic (exact) mass is 251 g/mol. The highest BCUT2D eigenvalue weighted by atomic mass is 16.4. The van der Waals surface area contributed by atoms with E-state index in [1.165, 1.54) is 0 Å². The first-order valence-corrected chi connectivity index (χ1v) is 6.61. The van der Waals surface area contributed by atoms with E-state index >= 15 is 0 Å². The van der Waals surface area contributed by atoms with E-state index in [2.05, 4.69) is 5.10 Å². The molecule has 0 aromatic carbocycles. The summed E-state index contributed by atoms with van der Waals surface area (Å²) in [6.45, 7) is 3.11. The number of carboxylic acid groups (broad SMARTS) is 1. The second kappa shape index (κ2) is 5.10. The predicted octanol–water partition coefficient (Wildman–Crippen LogP) is 1.59. The van der Waals surface area contributed by atoms with Crippen molar-refractivity contribution in [1.29, 1.82) is 0 Å². The van der Waals surface area contributed by atoms with Crippen LogP contribution < -0.4 is 5.73 Å². The van der Waals surface area contributed by atoms with E-state index in [1.54, 1.807) is 6.20 Å². The Morgan fingerprint density at radius 2 is 2.28 bits per heavy atom. The third kappa shape index (κ3) is 1.92. The molecule has 1 fully saturated rings. The number of aromatic nitrogens is 2. The molecular formula is C13H21N3O2. The molecule has 0 spiro atoms. The summed E-state index contributed by atoms with van der Waals surface area (Å²) in [6.07, 6.45) is 5.12. The molecular weight excluding hydrogens is 230 g/mol. The van der Waals surface area contributed by atoms with Crippen LogP contribution in [-0.2, 0) is 11.3 Å². The third-order valence-corrected chi connectivity index (χ3v) is 4.23. The molecule has 1 atom stereocenters. The van der Waals surface area contributed by atoms with Crippen LogP contribution in [0.4, 0.5) is 0 Å².